The number of esters is 1. The molecule has 0 heterocycles. The molecule has 1 aromatic carbocycles. The van der Waals surface area contributed by atoms with Gasteiger partial charge in [0.25, 0.3) is 0 Å². The van der Waals surface area contributed by atoms with Gasteiger partial charge in [0.1, 0.15) is 0 Å². The Morgan fingerprint density at radius 2 is 1.71 bits per heavy atom. The van der Waals surface area contributed by atoms with Crippen LogP contribution in [0.5, 0.6) is 11.5 Å². The summed E-state index contributed by atoms with van der Waals surface area (Å²) in [5.41, 5.74) is 0.570. The minimum atomic E-state index is -0.554. The van der Waals surface area contributed by atoms with Crippen LogP contribution >= 0.6 is 0 Å². The first-order valence-corrected chi connectivity index (χ1v) is 6.71. The Morgan fingerprint density at radius 3 is 2.24 bits per heavy atom. The van der Waals surface area contributed by atoms with Crippen molar-refractivity contribution in [1.29, 1.82) is 0 Å². The van der Waals surface area contributed by atoms with Crippen LogP contribution in [-0.2, 0) is 9.53 Å². The van der Waals surface area contributed by atoms with Gasteiger partial charge in [-0.2, -0.15) is 0 Å². The van der Waals surface area contributed by atoms with E-state index in [1.807, 2.05) is 6.92 Å². The molecular formula is C15H21NO5. The Hall–Kier alpha value is -2.24. The Kier molecular flexibility index (Phi) is 6.52. The van der Waals surface area contributed by atoms with Gasteiger partial charge in [-0.3, -0.25) is 4.79 Å². The number of benzene rings is 1. The van der Waals surface area contributed by atoms with Gasteiger partial charge in [-0.25, -0.2) is 4.79 Å². The second-order valence-corrected chi connectivity index (χ2v) is 4.40. The number of amides is 1. The molecule has 0 bridgehead atoms. The van der Waals surface area contributed by atoms with Crippen molar-refractivity contribution in [2.24, 2.45) is 0 Å². The van der Waals surface area contributed by atoms with Crippen molar-refractivity contribution < 1.29 is 23.8 Å². The molecule has 1 rings (SSSR count). The number of hydrogen-bond acceptors (Lipinski definition) is 5. The third-order valence-corrected chi connectivity index (χ3v) is 2.96. The topological polar surface area (TPSA) is 73.9 Å². The minimum Gasteiger partial charge on any atom is -0.493 e. The van der Waals surface area contributed by atoms with E-state index in [0.717, 1.165) is 12.8 Å². The SMILES string of the molecule is CCCCC(=O)Nc1cc(OC)c(OC)cc1C(=O)OC. The Bertz CT molecular complexity index is 513. The van der Waals surface area contributed by atoms with Crippen LogP contribution in [0.25, 0.3) is 0 Å². The predicted molar refractivity (Wildman–Crippen MR) is 79.0 cm³/mol. The molecule has 21 heavy (non-hydrogen) atoms. The number of unbranched alkanes of at least 4 members (excludes halogenated alkanes) is 1. The Morgan fingerprint density at radius 1 is 1.10 bits per heavy atom. The average Bonchev–Trinajstić information content (AvgIpc) is 2.51. The van der Waals surface area contributed by atoms with Crippen molar-refractivity contribution in [2.75, 3.05) is 26.6 Å². The molecule has 0 aromatic heterocycles. The van der Waals surface area contributed by atoms with Gasteiger partial charge < -0.3 is 19.5 Å². The summed E-state index contributed by atoms with van der Waals surface area (Å²) in [4.78, 5) is 23.7. The Labute approximate surface area is 124 Å². The van der Waals surface area contributed by atoms with Crippen LogP contribution < -0.4 is 14.8 Å². The Balaban J connectivity index is 3.14. The molecule has 0 unspecified atom stereocenters. The lowest BCUT2D eigenvalue weighted by molar-refractivity contribution is -0.116. The van der Waals surface area contributed by atoms with E-state index in [-0.39, 0.29) is 11.5 Å². The summed E-state index contributed by atoms with van der Waals surface area (Å²) in [6, 6.07) is 3.04. The maximum absolute atomic E-state index is 11.9. The maximum Gasteiger partial charge on any atom is 0.340 e. The molecule has 0 saturated carbocycles. The van der Waals surface area contributed by atoms with Gasteiger partial charge in [-0.05, 0) is 6.42 Å². The van der Waals surface area contributed by atoms with Crippen LogP contribution in [0.15, 0.2) is 12.1 Å². The highest BCUT2D eigenvalue weighted by Crippen LogP contribution is 2.33. The second-order valence-electron chi connectivity index (χ2n) is 4.40. The predicted octanol–water partition coefficient (Wildman–Crippen LogP) is 2.62. The number of methoxy groups -OCH3 is 3. The van der Waals surface area contributed by atoms with Gasteiger partial charge in [0.2, 0.25) is 5.91 Å². The first-order valence-electron chi connectivity index (χ1n) is 6.71. The molecule has 0 saturated heterocycles. The van der Waals surface area contributed by atoms with Gasteiger partial charge in [0.05, 0.1) is 32.6 Å². The monoisotopic (exact) mass is 295 g/mol. The second kappa shape index (κ2) is 8.14. The van der Waals surface area contributed by atoms with E-state index in [2.05, 4.69) is 5.32 Å². The third-order valence-electron chi connectivity index (χ3n) is 2.96. The zero-order valence-electron chi connectivity index (χ0n) is 12.8. The van der Waals surface area contributed by atoms with Gasteiger partial charge in [-0.1, -0.05) is 13.3 Å². The van der Waals surface area contributed by atoms with E-state index in [1.54, 1.807) is 6.07 Å². The summed E-state index contributed by atoms with van der Waals surface area (Å²) in [5, 5.41) is 2.71. The molecule has 116 valence electrons. The molecule has 0 spiro atoms. The van der Waals surface area contributed by atoms with Crippen molar-refractivity contribution in [3.8, 4) is 11.5 Å². The van der Waals surface area contributed by atoms with Crippen LogP contribution in [0.1, 0.15) is 36.5 Å². The summed E-state index contributed by atoms with van der Waals surface area (Å²) < 4.78 is 15.1. The maximum atomic E-state index is 11.9. The fourth-order valence-electron chi connectivity index (χ4n) is 1.81. The molecule has 0 aliphatic carbocycles. The lowest BCUT2D eigenvalue weighted by Crippen LogP contribution is -2.15. The molecule has 0 aliphatic rings. The van der Waals surface area contributed by atoms with E-state index in [4.69, 9.17) is 14.2 Å². The summed E-state index contributed by atoms with van der Waals surface area (Å²) in [6.45, 7) is 2.00. The van der Waals surface area contributed by atoms with Crippen LogP contribution in [0.3, 0.4) is 0 Å². The highest BCUT2D eigenvalue weighted by Gasteiger charge is 2.18. The van der Waals surface area contributed by atoms with Crippen LogP contribution in [0.4, 0.5) is 5.69 Å². The van der Waals surface area contributed by atoms with Crippen LogP contribution in [0.2, 0.25) is 0 Å². The third kappa shape index (κ3) is 4.37. The number of carbonyl (C=O) groups is 2. The van der Waals surface area contributed by atoms with Gasteiger partial charge in [-0.15, -0.1) is 0 Å². The van der Waals surface area contributed by atoms with Gasteiger partial charge >= 0.3 is 5.97 Å². The van der Waals surface area contributed by atoms with Crippen molar-refractivity contribution in [2.45, 2.75) is 26.2 Å². The highest BCUT2D eigenvalue weighted by atomic mass is 16.5. The van der Waals surface area contributed by atoms with Crippen LogP contribution in [0, 0.1) is 0 Å². The number of nitrogens with one attached hydrogen (secondary N) is 1. The summed E-state index contributed by atoms with van der Waals surface area (Å²) in [6.07, 6.45) is 2.10. The van der Waals surface area contributed by atoms with Crippen molar-refractivity contribution in [1.82, 2.24) is 0 Å². The molecule has 1 amide bonds. The molecular weight excluding hydrogens is 274 g/mol. The number of carbonyl (C=O) groups excluding carboxylic acids is 2. The van der Waals surface area contributed by atoms with Crippen molar-refractivity contribution in [3.63, 3.8) is 0 Å². The number of ether oxygens (including phenoxy) is 3. The standard InChI is InChI=1S/C15H21NO5/c1-5-6-7-14(17)16-11-9-13(20-3)12(19-2)8-10(11)15(18)21-4/h8-9H,5-7H2,1-4H3,(H,16,17). The van der Waals surface area contributed by atoms with Crippen molar-refractivity contribution >= 4 is 17.6 Å². The lowest BCUT2D eigenvalue weighted by Gasteiger charge is -2.14. The summed E-state index contributed by atoms with van der Waals surface area (Å²) >= 11 is 0. The van der Waals surface area contributed by atoms with Gasteiger partial charge in [0.15, 0.2) is 11.5 Å². The average molecular weight is 295 g/mol. The van der Waals surface area contributed by atoms with Crippen LogP contribution in [-0.4, -0.2) is 33.2 Å². The van der Waals surface area contributed by atoms with Crippen molar-refractivity contribution in [3.05, 3.63) is 17.7 Å². The quantitative estimate of drug-likeness (QED) is 0.783. The molecule has 1 N–H and O–H groups in total. The van der Waals surface area contributed by atoms with E-state index < -0.39 is 5.97 Å². The fraction of sp³-hybridized carbons (Fsp3) is 0.467. The highest BCUT2D eigenvalue weighted by molar-refractivity contribution is 6.02. The fourth-order valence-corrected chi connectivity index (χ4v) is 1.81. The molecule has 1 aromatic rings. The smallest absolute Gasteiger partial charge is 0.340 e. The first-order chi connectivity index (χ1) is 10.1. The van der Waals surface area contributed by atoms with E-state index >= 15 is 0 Å². The number of rotatable bonds is 7. The molecule has 0 atom stereocenters. The molecule has 0 radical (unpaired) electrons. The largest absolute Gasteiger partial charge is 0.493 e. The summed E-state index contributed by atoms with van der Waals surface area (Å²) in [7, 11) is 4.23. The molecule has 6 heteroatoms. The van der Waals surface area contributed by atoms with E-state index in [0.29, 0.717) is 23.6 Å². The number of anilines is 1. The normalized spacial score (nSPS) is 9.90. The minimum absolute atomic E-state index is 0.158. The van der Waals surface area contributed by atoms with E-state index in [1.165, 1.54) is 27.4 Å². The first kappa shape index (κ1) is 16.8. The van der Waals surface area contributed by atoms with E-state index in [9.17, 15) is 9.59 Å². The zero-order valence-corrected chi connectivity index (χ0v) is 12.8. The lowest BCUT2D eigenvalue weighted by atomic mass is 10.1. The summed E-state index contributed by atoms with van der Waals surface area (Å²) in [5.74, 6) is 0.108. The molecule has 0 fully saturated rings. The zero-order chi connectivity index (χ0) is 15.8. The van der Waals surface area contributed by atoms with Gasteiger partial charge in [0, 0.05) is 18.6 Å². The molecule has 6 nitrogen and oxygen atoms in total. The number of hydrogen-bond donors (Lipinski definition) is 1. The molecule has 0 aliphatic heterocycles.